The monoisotopic (exact) mass is 377 g/mol. The highest BCUT2D eigenvalue weighted by molar-refractivity contribution is 5.47. The van der Waals surface area contributed by atoms with Crippen LogP contribution in [-0.2, 0) is 6.42 Å². The summed E-state index contributed by atoms with van der Waals surface area (Å²) < 4.78 is 0. The summed E-state index contributed by atoms with van der Waals surface area (Å²) in [6, 6.07) is 21.9. The van der Waals surface area contributed by atoms with Gasteiger partial charge in [-0.1, -0.05) is 55.5 Å². The third kappa shape index (κ3) is 4.76. The number of hydrogen-bond donors (Lipinski definition) is 0. The zero-order valence-electron chi connectivity index (χ0n) is 17.4. The second-order valence-electron chi connectivity index (χ2n) is 8.55. The molecule has 0 spiro atoms. The minimum absolute atomic E-state index is 0.427. The van der Waals surface area contributed by atoms with Crippen LogP contribution in [0.5, 0.6) is 0 Å². The predicted molar refractivity (Wildman–Crippen MR) is 119 cm³/mol. The Balaban J connectivity index is 1.30. The molecule has 3 heteroatoms. The normalized spacial score (nSPS) is 19.5. The molecule has 1 heterocycles. The highest BCUT2D eigenvalue weighted by Crippen LogP contribution is 2.43. The molecular formula is C25H35N3. The largest absolute Gasteiger partial charge is 0.370 e. The fraction of sp³-hybridized carbons (Fsp3) is 0.520. The van der Waals surface area contributed by atoms with Crippen molar-refractivity contribution in [2.45, 2.75) is 38.1 Å². The van der Waals surface area contributed by atoms with E-state index in [9.17, 15) is 0 Å². The lowest BCUT2D eigenvalue weighted by atomic mass is 10.1. The van der Waals surface area contributed by atoms with Crippen molar-refractivity contribution in [3.05, 3.63) is 66.2 Å². The fourth-order valence-corrected chi connectivity index (χ4v) is 4.66. The molecule has 4 rings (SSSR count). The van der Waals surface area contributed by atoms with Gasteiger partial charge in [-0.25, -0.2) is 0 Å². The summed E-state index contributed by atoms with van der Waals surface area (Å²) in [5.41, 5.74) is 3.27. The first-order valence-corrected chi connectivity index (χ1v) is 11.1. The van der Waals surface area contributed by atoms with Crippen LogP contribution in [0.1, 0.15) is 31.7 Å². The van der Waals surface area contributed by atoms with Crippen molar-refractivity contribution in [1.82, 2.24) is 9.80 Å². The number of nitrogens with zero attached hydrogens (tertiary/aromatic N) is 3. The molecule has 0 bridgehead atoms. The maximum absolute atomic E-state index is 2.80. The van der Waals surface area contributed by atoms with Gasteiger partial charge in [0.1, 0.15) is 0 Å². The van der Waals surface area contributed by atoms with Crippen LogP contribution in [0.3, 0.4) is 0 Å². The van der Waals surface area contributed by atoms with Crippen LogP contribution >= 0.6 is 0 Å². The first-order valence-electron chi connectivity index (χ1n) is 11.1. The summed E-state index contributed by atoms with van der Waals surface area (Å²) in [5, 5.41) is 0. The molecule has 0 N–H and O–H groups in total. The summed E-state index contributed by atoms with van der Waals surface area (Å²) in [6.45, 7) is 10.7. The molecule has 0 amide bonds. The van der Waals surface area contributed by atoms with Gasteiger partial charge in [0, 0.05) is 57.0 Å². The maximum atomic E-state index is 2.80. The first kappa shape index (κ1) is 19.5. The van der Waals surface area contributed by atoms with Gasteiger partial charge >= 0.3 is 0 Å². The Morgan fingerprint density at radius 2 is 1.50 bits per heavy atom. The molecule has 1 saturated carbocycles. The zero-order chi connectivity index (χ0) is 19.2. The summed E-state index contributed by atoms with van der Waals surface area (Å²) in [4.78, 5) is 8.08. The van der Waals surface area contributed by atoms with Crippen LogP contribution in [0.4, 0.5) is 5.69 Å². The summed E-state index contributed by atoms with van der Waals surface area (Å²) in [5.74, 6) is 0. The minimum atomic E-state index is 0.427. The van der Waals surface area contributed by atoms with Crippen LogP contribution in [0.25, 0.3) is 0 Å². The Kier molecular flexibility index (Phi) is 6.33. The van der Waals surface area contributed by atoms with Crippen LogP contribution in [-0.4, -0.2) is 61.2 Å². The summed E-state index contributed by atoms with van der Waals surface area (Å²) in [6.07, 6.45) is 5.11. The highest BCUT2D eigenvalue weighted by Gasteiger charge is 2.49. The second kappa shape index (κ2) is 9.11. The number of para-hydroxylation sites is 1. The van der Waals surface area contributed by atoms with E-state index in [-0.39, 0.29) is 0 Å². The van der Waals surface area contributed by atoms with Gasteiger partial charge in [-0.2, -0.15) is 0 Å². The Labute approximate surface area is 171 Å². The molecule has 3 nitrogen and oxygen atoms in total. The van der Waals surface area contributed by atoms with E-state index in [1.807, 2.05) is 0 Å². The van der Waals surface area contributed by atoms with Crippen LogP contribution < -0.4 is 4.90 Å². The third-order valence-corrected chi connectivity index (χ3v) is 6.53. The molecule has 150 valence electrons. The molecule has 2 aliphatic rings. The Hall–Kier alpha value is -1.84. The maximum Gasteiger partial charge on any atom is 0.0386 e. The van der Waals surface area contributed by atoms with E-state index in [0.717, 1.165) is 6.54 Å². The standard InChI is InChI=1S/C25H35N3/c1-2-16-27(24-11-7-4-8-12-24)22-25(14-15-25)28-20-18-26(19-21-28)17-13-23-9-5-3-6-10-23/h3-12H,2,13-22H2,1H3. The molecule has 2 fully saturated rings. The lowest BCUT2D eigenvalue weighted by molar-refractivity contribution is 0.0876. The fourth-order valence-electron chi connectivity index (χ4n) is 4.66. The topological polar surface area (TPSA) is 9.72 Å². The molecule has 0 unspecified atom stereocenters. The quantitative estimate of drug-likeness (QED) is 0.645. The van der Waals surface area contributed by atoms with Crippen molar-refractivity contribution in [1.29, 1.82) is 0 Å². The van der Waals surface area contributed by atoms with Gasteiger partial charge < -0.3 is 9.80 Å². The molecule has 1 saturated heterocycles. The lowest BCUT2D eigenvalue weighted by Gasteiger charge is -2.42. The number of rotatable bonds is 9. The number of piperazine rings is 1. The molecule has 0 aromatic heterocycles. The van der Waals surface area contributed by atoms with Gasteiger partial charge in [0.15, 0.2) is 0 Å². The molecule has 2 aromatic rings. The van der Waals surface area contributed by atoms with Gasteiger partial charge in [-0.05, 0) is 43.4 Å². The third-order valence-electron chi connectivity index (χ3n) is 6.53. The Morgan fingerprint density at radius 1 is 0.857 bits per heavy atom. The minimum Gasteiger partial charge on any atom is -0.370 e. The van der Waals surface area contributed by atoms with Crippen molar-refractivity contribution in [2.75, 3.05) is 50.7 Å². The van der Waals surface area contributed by atoms with Gasteiger partial charge in [0.2, 0.25) is 0 Å². The van der Waals surface area contributed by atoms with Gasteiger partial charge in [0.05, 0.1) is 0 Å². The van der Waals surface area contributed by atoms with E-state index < -0.39 is 0 Å². The highest BCUT2D eigenvalue weighted by atomic mass is 15.3. The van der Waals surface area contributed by atoms with E-state index in [1.54, 1.807) is 0 Å². The number of anilines is 1. The second-order valence-corrected chi connectivity index (χ2v) is 8.55. The van der Waals surface area contributed by atoms with Gasteiger partial charge in [-0.15, -0.1) is 0 Å². The van der Waals surface area contributed by atoms with Gasteiger partial charge in [0.25, 0.3) is 0 Å². The average Bonchev–Trinajstić information content (AvgIpc) is 3.54. The molecule has 1 aliphatic carbocycles. The van der Waals surface area contributed by atoms with E-state index in [1.165, 1.54) is 76.2 Å². The Bertz CT molecular complexity index is 703. The average molecular weight is 378 g/mol. The van der Waals surface area contributed by atoms with Crippen molar-refractivity contribution >= 4 is 5.69 Å². The van der Waals surface area contributed by atoms with Crippen molar-refractivity contribution in [3.8, 4) is 0 Å². The summed E-state index contributed by atoms with van der Waals surface area (Å²) in [7, 11) is 0. The molecule has 2 aromatic carbocycles. The van der Waals surface area contributed by atoms with Crippen LogP contribution in [0.15, 0.2) is 60.7 Å². The van der Waals surface area contributed by atoms with E-state index in [4.69, 9.17) is 0 Å². The summed E-state index contributed by atoms with van der Waals surface area (Å²) >= 11 is 0. The van der Waals surface area contributed by atoms with E-state index in [2.05, 4.69) is 82.3 Å². The lowest BCUT2D eigenvalue weighted by Crippen LogP contribution is -2.55. The molecular weight excluding hydrogens is 342 g/mol. The van der Waals surface area contributed by atoms with Crippen molar-refractivity contribution < 1.29 is 0 Å². The van der Waals surface area contributed by atoms with Crippen LogP contribution in [0.2, 0.25) is 0 Å². The van der Waals surface area contributed by atoms with Crippen molar-refractivity contribution in [3.63, 3.8) is 0 Å². The molecule has 1 aliphatic heterocycles. The molecule has 0 atom stereocenters. The van der Waals surface area contributed by atoms with Crippen LogP contribution in [0, 0.1) is 0 Å². The van der Waals surface area contributed by atoms with E-state index in [0.29, 0.717) is 5.54 Å². The smallest absolute Gasteiger partial charge is 0.0386 e. The zero-order valence-corrected chi connectivity index (χ0v) is 17.4. The first-order chi connectivity index (χ1) is 13.8. The number of hydrogen-bond acceptors (Lipinski definition) is 3. The molecule has 0 radical (unpaired) electrons. The van der Waals surface area contributed by atoms with Crippen molar-refractivity contribution in [2.24, 2.45) is 0 Å². The van der Waals surface area contributed by atoms with Gasteiger partial charge in [-0.3, -0.25) is 4.90 Å². The van der Waals surface area contributed by atoms with E-state index >= 15 is 0 Å². The number of benzene rings is 2. The molecule has 28 heavy (non-hydrogen) atoms. The Morgan fingerprint density at radius 3 is 2.11 bits per heavy atom. The SMILES string of the molecule is CCCN(CC1(N2CCN(CCc3ccccc3)CC2)CC1)c1ccccc1. The predicted octanol–water partition coefficient (Wildman–Crippen LogP) is 4.30.